The lowest BCUT2D eigenvalue weighted by atomic mass is 9.87. The Bertz CT molecular complexity index is 1540. The van der Waals surface area contributed by atoms with Crippen LogP contribution in [0.3, 0.4) is 0 Å². The van der Waals surface area contributed by atoms with Gasteiger partial charge in [-0.2, -0.15) is 0 Å². The van der Waals surface area contributed by atoms with Crippen molar-refractivity contribution in [2.45, 2.75) is 88.3 Å². The first kappa shape index (κ1) is 27.8. The summed E-state index contributed by atoms with van der Waals surface area (Å²) in [7, 11) is -4.71. The van der Waals surface area contributed by atoms with Crippen LogP contribution in [0.4, 0.5) is 0 Å². The van der Waals surface area contributed by atoms with Crippen LogP contribution < -0.4 is 0 Å². The molecule has 2 aromatic carbocycles. The van der Waals surface area contributed by atoms with Gasteiger partial charge in [-0.1, -0.05) is 108 Å². The van der Waals surface area contributed by atoms with Gasteiger partial charge in [0.1, 0.15) is 26.6 Å². The van der Waals surface area contributed by atoms with Crippen LogP contribution in [0.2, 0.25) is 36.3 Å². The Morgan fingerprint density at radius 2 is 1.16 bits per heavy atom. The minimum atomic E-state index is -2.37. The highest BCUT2D eigenvalue weighted by Crippen LogP contribution is 2.65. The maximum atomic E-state index is 13.6. The standard InChI is InChI=1S/C32H40O2S2Si2/c1-8-22-18-17-21-25-26(22)28-30(36-25)31(33,37(9-2,10-3)11-4)27-23-19-15-16-20-24(23)35-29(27)32(28,34)38(12-5,13-6)14-7/h1,15-21,33-34H,9-14H2,2-7H3. The maximum Gasteiger partial charge on any atom is 0.114 e. The summed E-state index contributed by atoms with van der Waals surface area (Å²) in [4.78, 5) is 1.99. The van der Waals surface area contributed by atoms with E-state index < -0.39 is 26.6 Å². The maximum absolute atomic E-state index is 13.6. The van der Waals surface area contributed by atoms with Crippen LogP contribution in [0, 0.1) is 12.3 Å². The number of benzene rings is 2. The van der Waals surface area contributed by atoms with Crippen molar-refractivity contribution in [2.75, 3.05) is 0 Å². The zero-order chi connectivity index (χ0) is 27.5. The van der Waals surface area contributed by atoms with Gasteiger partial charge in [0.2, 0.25) is 0 Å². The Morgan fingerprint density at radius 3 is 1.71 bits per heavy atom. The number of fused-ring (bicyclic) bond motifs is 6. The van der Waals surface area contributed by atoms with E-state index in [1.165, 1.54) is 0 Å². The Labute approximate surface area is 237 Å². The largest absolute Gasteiger partial charge is 0.383 e. The molecule has 38 heavy (non-hydrogen) atoms. The molecule has 2 unspecified atom stereocenters. The molecule has 2 aromatic heterocycles. The van der Waals surface area contributed by atoms with E-state index in [1.807, 2.05) is 12.1 Å². The molecule has 6 heteroatoms. The van der Waals surface area contributed by atoms with Crippen molar-refractivity contribution >= 4 is 59.0 Å². The van der Waals surface area contributed by atoms with E-state index in [4.69, 9.17) is 6.42 Å². The molecule has 1 aliphatic rings. The second kappa shape index (κ2) is 9.73. The van der Waals surface area contributed by atoms with E-state index in [2.05, 4.69) is 77.8 Å². The van der Waals surface area contributed by atoms with Crippen molar-refractivity contribution in [2.24, 2.45) is 0 Å². The lowest BCUT2D eigenvalue weighted by Crippen LogP contribution is -2.63. The number of aliphatic hydroxyl groups is 2. The number of hydrogen-bond donors (Lipinski definition) is 2. The first-order valence-corrected chi connectivity index (χ1v) is 21.1. The highest BCUT2D eigenvalue weighted by molar-refractivity contribution is 7.22. The molecule has 200 valence electrons. The van der Waals surface area contributed by atoms with Crippen molar-refractivity contribution in [3.63, 3.8) is 0 Å². The van der Waals surface area contributed by atoms with Gasteiger partial charge in [0.25, 0.3) is 0 Å². The van der Waals surface area contributed by atoms with Crippen LogP contribution in [-0.2, 0) is 10.4 Å². The van der Waals surface area contributed by atoms with Gasteiger partial charge in [-0.25, -0.2) is 0 Å². The van der Waals surface area contributed by atoms with Crippen molar-refractivity contribution in [1.29, 1.82) is 0 Å². The number of rotatable bonds is 8. The molecule has 0 saturated carbocycles. The summed E-state index contributed by atoms with van der Waals surface area (Å²) in [6.45, 7) is 13.6. The Balaban J connectivity index is 2.12. The molecule has 2 heterocycles. The second-order valence-corrected chi connectivity index (χ2v) is 23.9. The normalized spacial score (nSPS) is 21.4. The van der Waals surface area contributed by atoms with E-state index in [0.717, 1.165) is 82.9 Å². The zero-order valence-electron chi connectivity index (χ0n) is 23.6. The average Bonchev–Trinajstić information content (AvgIpc) is 3.55. The van der Waals surface area contributed by atoms with Gasteiger partial charge < -0.3 is 10.2 Å². The monoisotopic (exact) mass is 576 g/mol. The van der Waals surface area contributed by atoms with Gasteiger partial charge in [0, 0.05) is 41.2 Å². The van der Waals surface area contributed by atoms with Gasteiger partial charge in [0.15, 0.2) is 0 Å². The smallest absolute Gasteiger partial charge is 0.114 e. The third-order valence-electron chi connectivity index (χ3n) is 10.4. The zero-order valence-corrected chi connectivity index (χ0v) is 27.2. The minimum absolute atomic E-state index is 0.827. The topological polar surface area (TPSA) is 40.5 Å². The van der Waals surface area contributed by atoms with Gasteiger partial charge >= 0.3 is 0 Å². The highest BCUT2D eigenvalue weighted by Gasteiger charge is 2.65. The molecule has 0 amide bonds. The van der Waals surface area contributed by atoms with Gasteiger partial charge in [0.05, 0.1) is 0 Å². The average molecular weight is 577 g/mol. The first-order valence-electron chi connectivity index (χ1n) is 14.2. The molecular formula is C32H40O2S2Si2. The summed E-state index contributed by atoms with van der Waals surface area (Å²) in [5.41, 5.74) is 2.80. The van der Waals surface area contributed by atoms with Crippen molar-refractivity contribution in [3.8, 4) is 12.3 Å². The van der Waals surface area contributed by atoms with Crippen LogP contribution in [-0.4, -0.2) is 26.4 Å². The van der Waals surface area contributed by atoms with E-state index in [-0.39, 0.29) is 0 Å². The summed E-state index contributed by atoms with van der Waals surface area (Å²) < 4.78 is 2.24. The van der Waals surface area contributed by atoms with Crippen LogP contribution in [0.1, 0.15) is 68.0 Å². The summed E-state index contributed by atoms with van der Waals surface area (Å²) in [6.07, 6.45) is 6.12. The lowest BCUT2D eigenvalue weighted by molar-refractivity contribution is 0.114. The molecule has 0 spiro atoms. The van der Waals surface area contributed by atoms with Crippen molar-refractivity contribution < 1.29 is 10.2 Å². The van der Waals surface area contributed by atoms with Crippen LogP contribution in [0.15, 0.2) is 42.5 Å². The van der Waals surface area contributed by atoms with E-state index >= 15 is 0 Å². The van der Waals surface area contributed by atoms with Crippen molar-refractivity contribution in [1.82, 2.24) is 0 Å². The van der Waals surface area contributed by atoms with Gasteiger partial charge in [-0.05, 0) is 23.6 Å². The molecule has 5 rings (SSSR count). The van der Waals surface area contributed by atoms with Gasteiger partial charge in [-0.15, -0.1) is 29.1 Å². The SMILES string of the molecule is C#Cc1cccc2sc3c(c12)C(O)([Si](CC)(CC)CC)c1sc2ccccc2c1C3(O)[Si](CC)(CC)CC. The number of terminal acetylenes is 1. The lowest BCUT2D eigenvalue weighted by Gasteiger charge is -2.54. The minimum Gasteiger partial charge on any atom is -0.383 e. The van der Waals surface area contributed by atoms with Crippen LogP contribution >= 0.6 is 22.7 Å². The molecule has 2 N–H and O–H groups in total. The fraction of sp³-hybridized carbons (Fsp3) is 0.438. The summed E-state index contributed by atoms with van der Waals surface area (Å²) in [5.74, 6) is 2.95. The van der Waals surface area contributed by atoms with Crippen molar-refractivity contribution in [3.05, 3.63) is 68.9 Å². The molecule has 0 aliphatic heterocycles. The highest BCUT2D eigenvalue weighted by atomic mass is 32.1. The molecule has 2 atom stereocenters. The Morgan fingerprint density at radius 1 is 0.684 bits per heavy atom. The summed E-state index contributed by atoms with van der Waals surface area (Å²) in [5, 5.41) is 27.1. The second-order valence-electron chi connectivity index (χ2n) is 11.0. The van der Waals surface area contributed by atoms with Crippen LogP contribution in [0.25, 0.3) is 20.2 Å². The molecular weight excluding hydrogens is 537 g/mol. The summed E-state index contributed by atoms with van der Waals surface area (Å²) >= 11 is 3.41. The number of hydrogen-bond acceptors (Lipinski definition) is 4. The molecule has 0 fully saturated rings. The predicted molar refractivity (Wildman–Crippen MR) is 172 cm³/mol. The number of thiophene rings is 2. The van der Waals surface area contributed by atoms with Crippen LogP contribution in [0.5, 0.6) is 0 Å². The Kier molecular flexibility index (Phi) is 7.12. The summed E-state index contributed by atoms with van der Waals surface area (Å²) in [6, 6.07) is 20.5. The fourth-order valence-corrected chi connectivity index (χ4v) is 21.0. The molecule has 4 aromatic rings. The van der Waals surface area contributed by atoms with E-state index in [9.17, 15) is 10.2 Å². The fourth-order valence-electron chi connectivity index (χ4n) is 7.80. The third-order valence-corrected chi connectivity index (χ3v) is 25.5. The first-order chi connectivity index (χ1) is 18.2. The predicted octanol–water partition coefficient (Wildman–Crippen LogP) is 8.98. The van der Waals surface area contributed by atoms with Gasteiger partial charge in [-0.3, -0.25) is 0 Å². The molecule has 0 saturated heterocycles. The van der Waals surface area contributed by atoms with E-state index in [1.54, 1.807) is 22.7 Å². The Hall–Kier alpha value is -1.73. The third kappa shape index (κ3) is 3.18. The quantitative estimate of drug-likeness (QED) is 0.162. The van der Waals surface area contributed by atoms with E-state index in [0.29, 0.717) is 0 Å². The molecule has 2 nitrogen and oxygen atoms in total. The molecule has 0 bridgehead atoms. The molecule has 1 aliphatic carbocycles. The molecule has 0 radical (unpaired) electrons.